The zero-order valence-corrected chi connectivity index (χ0v) is 21.0. The van der Waals surface area contributed by atoms with E-state index in [0.29, 0.717) is 0 Å². The van der Waals surface area contributed by atoms with Crippen LogP contribution in [-0.4, -0.2) is 22.4 Å². The molecule has 6 nitrogen and oxygen atoms in total. The Morgan fingerprint density at radius 3 is 1.10 bits per heavy atom. The Morgan fingerprint density at radius 1 is 0.552 bits per heavy atom. The molecule has 0 N–H and O–H groups in total. The van der Waals surface area contributed by atoms with E-state index in [4.69, 9.17) is 18.1 Å². The molecule has 0 spiro atoms. The van der Waals surface area contributed by atoms with Crippen LogP contribution in [0.2, 0.25) is 0 Å². The van der Waals surface area contributed by atoms with E-state index in [2.05, 4.69) is 0 Å². The van der Waals surface area contributed by atoms with Crippen LogP contribution in [0.4, 0.5) is 0 Å². The molecule has 0 unspecified atom stereocenters. The maximum Gasteiger partial charge on any atom is 0.265 e. The van der Waals surface area contributed by atoms with Gasteiger partial charge in [0.25, 0.3) is 15.9 Å². The van der Waals surface area contributed by atoms with Crippen LogP contribution in [-0.2, 0) is 18.1 Å². The van der Waals surface area contributed by atoms with Gasteiger partial charge in [-0.3, -0.25) is 0 Å². The van der Waals surface area contributed by atoms with Crippen molar-refractivity contribution in [3.8, 4) is 0 Å². The maximum absolute atomic E-state index is 12.7. The first kappa shape index (κ1) is 25.4. The van der Waals surface area contributed by atoms with Crippen LogP contribution in [0.3, 0.4) is 0 Å². The van der Waals surface area contributed by atoms with Crippen molar-refractivity contribution in [1.29, 1.82) is 0 Å². The predicted octanol–water partition coefficient (Wildman–Crippen LogP) is 5.42. The molecule has 2 saturated heterocycles. The van der Waals surface area contributed by atoms with E-state index in [1.807, 2.05) is 67.5 Å². The fourth-order valence-electron chi connectivity index (χ4n) is 2.98. The summed E-state index contributed by atoms with van der Waals surface area (Å²) in [5.41, 5.74) is -2.34. The average molecular weight is 448 g/mol. The van der Waals surface area contributed by atoms with Crippen molar-refractivity contribution < 1.29 is 27.9 Å². The van der Waals surface area contributed by atoms with Gasteiger partial charge in [0.05, 0.1) is 0 Å². The monoisotopic (exact) mass is 448 g/mol. The number of allylic oxidation sites excluding steroid dienone is 2. The van der Waals surface area contributed by atoms with E-state index in [-0.39, 0.29) is 0 Å². The highest BCUT2D eigenvalue weighted by molar-refractivity contribution is 7.63. The van der Waals surface area contributed by atoms with Gasteiger partial charge in [-0.2, -0.15) is 18.1 Å². The van der Waals surface area contributed by atoms with Crippen molar-refractivity contribution in [1.82, 2.24) is 0 Å². The SMILES string of the molecule is CC1(C)O[P+]([O-])(/C=C/CCCCC/C=C/[P+]2([O-])OC(C)(C)C(C)(C)O2)OC1(C)C. The van der Waals surface area contributed by atoms with E-state index in [1.54, 1.807) is 11.6 Å². The van der Waals surface area contributed by atoms with Crippen LogP contribution < -0.4 is 9.79 Å². The molecule has 0 atom stereocenters. The molecule has 0 aromatic rings. The first-order chi connectivity index (χ1) is 13.0. The van der Waals surface area contributed by atoms with Crippen LogP contribution in [0, 0.1) is 0 Å². The Hall–Kier alpha value is 0.100. The molecule has 2 fully saturated rings. The average Bonchev–Trinajstić information content (AvgIpc) is 2.77. The number of hydrogen-bond donors (Lipinski definition) is 0. The molecule has 2 aliphatic rings. The molecule has 29 heavy (non-hydrogen) atoms. The van der Waals surface area contributed by atoms with Gasteiger partial charge in [0.15, 0.2) is 0 Å². The van der Waals surface area contributed by atoms with Gasteiger partial charge in [-0.05, 0) is 93.2 Å². The van der Waals surface area contributed by atoms with Crippen LogP contribution in [0.15, 0.2) is 23.8 Å². The molecule has 0 radical (unpaired) electrons. The molecule has 2 aliphatic heterocycles. The third-order valence-corrected chi connectivity index (χ3v) is 10.1. The number of hydrogen-bond acceptors (Lipinski definition) is 6. The van der Waals surface area contributed by atoms with Gasteiger partial charge in [0.2, 0.25) is 0 Å². The molecule has 2 heterocycles. The zero-order valence-electron chi connectivity index (χ0n) is 19.2. The van der Waals surface area contributed by atoms with Gasteiger partial charge >= 0.3 is 0 Å². The second-order valence-corrected chi connectivity index (χ2v) is 13.4. The lowest BCUT2D eigenvalue weighted by Gasteiger charge is -2.25. The second-order valence-electron chi connectivity index (χ2n) is 9.89. The molecule has 0 aliphatic carbocycles. The molecule has 0 aromatic heterocycles. The van der Waals surface area contributed by atoms with Crippen LogP contribution in [0.1, 0.15) is 87.5 Å². The van der Waals surface area contributed by atoms with Crippen molar-refractivity contribution in [2.45, 2.75) is 110 Å². The van der Waals surface area contributed by atoms with Crippen LogP contribution in [0.25, 0.3) is 0 Å². The predicted molar refractivity (Wildman–Crippen MR) is 116 cm³/mol. The summed E-state index contributed by atoms with van der Waals surface area (Å²) in [4.78, 5) is 25.4. The molecule has 0 bridgehead atoms. The summed E-state index contributed by atoms with van der Waals surface area (Å²) >= 11 is 0. The Bertz CT molecular complexity index is 553. The van der Waals surface area contributed by atoms with Gasteiger partial charge < -0.3 is 9.79 Å². The molecule has 0 amide bonds. The Morgan fingerprint density at radius 2 is 0.828 bits per heavy atom. The molecule has 8 heteroatoms. The zero-order chi connectivity index (χ0) is 22.2. The minimum Gasteiger partial charge on any atom is -0.627 e. The van der Waals surface area contributed by atoms with Gasteiger partial charge in [-0.25, -0.2) is 0 Å². The summed E-state index contributed by atoms with van der Waals surface area (Å²) in [6.45, 7) is 15.2. The Balaban J connectivity index is 1.66. The summed E-state index contributed by atoms with van der Waals surface area (Å²) in [5.74, 6) is 3.18. The Labute approximate surface area is 177 Å². The lowest BCUT2D eigenvalue weighted by molar-refractivity contribution is -0.208. The lowest BCUT2D eigenvalue weighted by Crippen LogP contribution is -2.41. The summed E-state index contributed by atoms with van der Waals surface area (Å²) in [6, 6.07) is 0. The maximum atomic E-state index is 12.7. The second kappa shape index (κ2) is 8.56. The summed E-state index contributed by atoms with van der Waals surface area (Å²) in [6.07, 6.45) is 8.36. The van der Waals surface area contributed by atoms with Crippen molar-refractivity contribution >= 4 is 15.9 Å². The van der Waals surface area contributed by atoms with E-state index in [1.165, 1.54) is 0 Å². The van der Waals surface area contributed by atoms with E-state index < -0.39 is 38.3 Å². The molecule has 168 valence electrons. The normalized spacial score (nSPS) is 28.5. The smallest absolute Gasteiger partial charge is 0.265 e. The van der Waals surface area contributed by atoms with Gasteiger partial charge in [-0.1, -0.05) is 6.42 Å². The minimum atomic E-state index is -3.17. The first-order valence-corrected chi connectivity index (χ1v) is 13.6. The topological polar surface area (TPSA) is 83.0 Å². The highest BCUT2D eigenvalue weighted by Gasteiger charge is 2.60. The fourth-order valence-corrected chi connectivity index (χ4v) is 7.54. The van der Waals surface area contributed by atoms with Crippen LogP contribution in [0.5, 0.6) is 0 Å². The quantitative estimate of drug-likeness (QED) is 0.364. The Kier molecular flexibility index (Phi) is 7.49. The number of rotatable bonds is 8. The fraction of sp³-hybridized carbons (Fsp3) is 0.810. The lowest BCUT2D eigenvalue weighted by atomic mass is 9.90. The molecule has 0 aromatic carbocycles. The van der Waals surface area contributed by atoms with Crippen molar-refractivity contribution in [3.05, 3.63) is 23.8 Å². The van der Waals surface area contributed by atoms with E-state index in [0.717, 1.165) is 32.1 Å². The standard InChI is InChI=1S/C21H38O6P2/c1-18(2)19(3,4)25-28(22,24-18)16-14-12-10-9-11-13-15-17-29(23)26-20(5,6)21(7,8)27-29/h14-17H,9-13H2,1-8H3/b16-14+,17-15+. The molecular formula is C21H38O6P2. The third-order valence-electron chi connectivity index (χ3n) is 6.14. The van der Waals surface area contributed by atoms with Gasteiger partial charge in [0.1, 0.15) is 34.0 Å². The molecular weight excluding hydrogens is 410 g/mol. The van der Waals surface area contributed by atoms with Crippen molar-refractivity contribution in [3.63, 3.8) is 0 Å². The number of unbranched alkanes of at least 4 members (excludes halogenated alkanes) is 4. The highest BCUT2D eigenvalue weighted by Crippen LogP contribution is 2.68. The third kappa shape index (κ3) is 6.08. The highest BCUT2D eigenvalue weighted by atomic mass is 31.2. The molecule has 2 rings (SSSR count). The van der Waals surface area contributed by atoms with E-state index in [9.17, 15) is 9.79 Å². The first-order valence-electron chi connectivity index (χ1n) is 10.4. The van der Waals surface area contributed by atoms with E-state index >= 15 is 0 Å². The van der Waals surface area contributed by atoms with Gasteiger partial charge in [0, 0.05) is 0 Å². The molecule has 0 saturated carbocycles. The van der Waals surface area contributed by atoms with Crippen molar-refractivity contribution in [2.75, 3.05) is 0 Å². The summed E-state index contributed by atoms with van der Waals surface area (Å²) in [7, 11) is -6.34. The largest absolute Gasteiger partial charge is 0.627 e. The van der Waals surface area contributed by atoms with Crippen LogP contribution >= 0.6 is 15.9 Å². The van der Waals surface area contributed by atoms with Gasteiger partial charge in [-0.15, -0.1) is 0 Å². The van der Waals surface area contributed by atoms with Crippen molar-refractivity contribution in [2.24, 2.45) is 0 Å². The summed E-state index contributed by atoms with van der Waals surface area (Å²) in [5, 5.41) is 0. The minimum absolute atomic E-state index is 0.585. The summed E-state index contributed by atoms with van der Waals surface area (Å²) < 4.78 is 22.7.